The number of hydrogen-bond donors (Lipinski definition) is 1. The van der Waals surface area contributed by atoms with Gasteiger partial charge in [0.05, 0.1) is 11.7 Å². The van der Waals surface area contributed by atoms with Crippen LogP contribution in [0.4, 0.5) is 5.95 Å². The Hall–Kier alpha value is -3.25. The normalized spacial score (nSPS) is 16.4. The third-order valence-corrected chi connectivity index (χ3v) is 5.90. The van der Waals surface area contributed by atoms with Gasteiger partial charge in [-0.25, -0.2) is 9.97 Å². The second-order valence-corrected chi connectivity index (χ2v) is 8.23. The molecule has 4 rings (SSSR count). The van der Waals surface area contributed by atoms with Gasteiger partial charge in [0.1, 0.15) is 0 Å². The molecule has 2 N–H and O–H groups in total. The number of hydrogen-bond acceptors (Lipinski definition) is 5. The first-order valence-electron chi connectivity index (χ1n) is 10.8. The lowest BCUT2D eigenvalue weighted by atomic mass is 9.98. The number of likely N-dealkylation sites (tertiary alicyclic amines) is 1. The molecule has 2 aromatic carbocycles. The summed E-state index contributed by atoms with van der Waals surface area (Å²) in [5, 5.41) is 0. The maximum Gasteiger partial charge on any atom is 0.248 e. The molecule has 0 aliphatic carbocycles. The van der Waals surface area contributed by atoms with E-state index in [1.165, 1.54) is 5.56 Å². The smallest absolute Gasteiger partial charge is 0.248 e. The lowest BCUT2D eigenvalue weighted by molar-refractivity contribution is 0.100. The van der Waals surface area contributed by atoms with E-state index < -0.39 is 5.91 Å². The Bertz CT molecular complexity index is 1030. The van der Waals surface area contributed by atoms with Crippen LogP contribution in [0.15, 0.2) is 60.8 Å². The first kappa shape index (κ1) is 21.0. The molecular weight excluding hydrogens is 386 g/mol. The van der Waals surface area contributed by atoms with Gasteiger partial charge in [-0.1, -0.05) is 42.5 Å². The van der Waals surface area contributed by atoms with Gasteiger partial charge in [-0.05, 0) is 49.1 Å². The largest absolute Gasteiger partial charge is 0.366 e. The highest BCUT2D eigenvalue weighted by Gasteiger charge is 2.30. The van der Waals surface area contributed by atoms with Gasteiger partial charge in [0, 0.05) is 38.0 Å². The number of primary amides is 1. The monoisotopic (exact) mass is 415 g/mol. The van der Waals surface area contributed by atoms with Crippen LogP contribution in [0.2, 0.25) is 0 Å². The van der Waals surface area contributed by atoms with Gasteiger partial charge in [0.25, 0.3) is 0 Å². The van der Waals surface area contributed by atoms with Crippen molar-refractivity contribution in [1.29, 1.82) is 0 Å². The van der Waals surface area contributed by atoms with Crippen molar-refractivity contribution in [3.63, 3.8) is 0 Å². The van der Waals surface area contributed by atoms with Gasteiger partial charge in [0.2, 0.25) is 11.9 Å². The molecule has 1 saturated heterocycles. The number of rotatable bonds is 7. The number of anilines is 1. The molecular formula is C25H29N5O. The minimum atomic E-state index is -0.422. The van der Waals surface area contributed by atoms with Gasteiger partial charge in [-0.15, -0.1) is 0 Å². The van der Waals surface area contributed by atoms with Crippen molar-refractivity contribution in [3.05, 3.63) is 77.6 Å². The molecule has 0 bridgehead atoms. The highest BCUT2D eigenvalue weighted by molar-refractivity contribution is 5.93. The van der Waals surface area contributed by atoms with Crippen molar-refractivity contribution in [2.75, 3.05) is 32.1 Å². The molecule has 1 aromatic heterocycles. The van der Waals surface area contributed by atoms with E-state index in [0.717, 1.165) is 49.2 Å². The quantitative estimate of drug-likeness (QED) is 0.637. The maximum absolute atomic E-state index is 11.5. The number of carbonyl (C=O) groups excluding carboxylic acids is 1. The predicted molar refractivity (Wildman–Crippen MR) is 124 cm³/mol. The summed E-state index contributed by atoms with van der Waals surface area (Å²) in [7, 11) is 3.92. The number of benzene rings is 2. The second-order valence-electron chi connectivity index (χ2n) is 8.23. The lowest BCUT2D eigenvalue weighted by Gasteiger charge is -2.26. The summed E-state index contributed by atoms with van der Waals surface area (Å²) in [6.07, 6.45) is 5.15. The Kier molecular flexibility index (Phi) is 6.28. The van der Waals surface area contributed by atoms with E-state index in [4.69, 9.17) is 10.7 Å². The van der Waals surface area contributed by atoms with Crippen LogP contribution >= 0.6 is 0 Å². The van der Waals surface area contributed by atoms with Gasteiger partial charge < -0.3 is 10.6 Å². The molecule has 0 spiro atoms. The molecule has 1 fully saturated rings. The Labute approximate surface area is 183 Å². The number of carbonyl (C=O) groups is 1. The molecule has 0 radical (unpaired) electrons. The molecule has 2 heterocycles. The van der Waals surface area contributed by atoms with Crippen molar-refractivity contribution in [3.8, 4) is 11.1 Å². The van der Waals surface area contributed by atoms with Crippen LogP contribution in [-0.4, -0.2) is 48.0 Å². The van der Waals surface area contributed by atoms with Crippen molar-refractivity contribution in [2.24, 2.45) is 5.73 Å². The van der Waals surface area contributed by atoms with E-state index in [2.05, 4.69) is 40.2 Å². The fourth-order valence-electron chi connectivity index (χ4n) is 4.21. The Morgan fingerprint density at radius 3 is 2.55 bits per heavy atom. The van der Waals surface area contributed by atoms with Crippen LogP contribution in [0.3, 0.4) is 0 Å². The summed E-state index contributed by atoms with van der Waals surface area (Å²) in [4.78, 5) is 25.5. The van der Waals surface area contributed by atoms with E-state index in [9.17, 15) is 4.79 Å². The van der Waals surface area contributed by atoms with Crippen LogP contribution in [0.5, 0.6) is 0 Å². The van der Waals surface area contributed by atoms with Crippen LogP contribution in [0.25, 0.3) is 11.1 Å². The van der Waals surface area contributed by atoms with Gasteiger partial charge in [0.15, 0.2) is 0 Å². The van der Waals surface area contributed by atoms with Gasteiger partial charge >= 0.3 is 0 Å². The van der Waals surface area contributed by atoms with E-state index in [1.807, 2.05) is 37.3 Å². The van der Waals surface area contributed by atoms with Crippen LogP contribution < -0.4 is 10.6 Å². The van der Waals surface area contributed by atoms with E-state index in [1.54, 1.807) is 12.1 Å². The third-order valence-electron chi connectivity index (χ3n) is 5.90. The maximum atomic E-state index is 11.5. The van der Waals surface area contributed by atoms with Crippen molar-refractivity contribution in [1.82, 2.24) is 14.9 Å². The van der Waals surface area contributed by atoms with Crippen LogP contribution in [-0.2, 0) is 6.42 Å². The van der Waals surface area contributed by atoms with E-state index in [0.29, 0.717) is 11.5 Å². The third kappa shape index (κ3) is 4.75. The Morgan fingerprint density at radius 2 is 1.87 bits per heavy atom. The molecule has 6 heteroatoms. The number of amides is 1. The first-order chi connectivity index (χ1) is 15.0. The summed E-state index contributed by atoms with van der Waals surface area (Å²) < 4.78 is 0. The zero-order chi connectivity index (χ0) is 21.8. The molecule has 6 nitrogen and oxygen atoms in total. The minimum Gasteiger partial charge on any atom is -0.366 e. The first-order valence-corrected chi connectivity index (χ1v) is 10.8. The van der Waals surface area contributed by atoms with Crippen molar-refractivity contribution >= 4 is 11.9 Å². The molecule has 160 valence electrons. The fraction of sp³-hybridized carbons (Fsp3) is 0.320. The summed E-state index contributed by atoms with van der Waals surface area (Å²) >= 11 is 0. The fourth-order valence-corrected chi connectivity index (χ4v) is 4.21. The molecule has 1 unspecified atom stereocenters. The summed E-state index contributed by atoms with van der Waals surface area (Å²) in [6, 6.07) is 18.3. The van der Waals surface area contributed by atoms with E-state index >= 15 is 0 Å². The molecule has 1 aliphatic heterocycles. The molecule has 1 atom stereocenters. The minimum absolute atomic E-state index is 0.247. The Balaban J connectivity index is 1.66. The number of nitrogens with two attached hydrogens (primary N) is 1. The van der Waals surface area contributed by atoms with Crippen molar-refractivity contribution in [2.45, 2.75) is 25.3 Å². The molecule has 1 amide bonds. The lowest BCUT2D eigenvalue weighted by Crippen LogP contribution is -2.27. The van der Waals surface area contributed by atoms with Crippen LogP contribution in [0, 0.1) is 0 Å². The van der Waals surface area contributed by atoms with Gasteiger partial charge in [-0.2, -0.15) is 0 Å². The molecule has 0 saturated carbocycles. The summed E-state index contributed by atoms with van der Waals surface area (Å²) in [6.45, 7) is 2.06. The Morgan fingerprint density at radius 1 is 1.13 bits per heavy atom. The van der Waals surface area contributed by atoms with Gasteiger partial charge in [-0.3, -0.25) is 9.69 Å². The van der Waals surface area contributed by atoms with Crippen LogP contribution in [0.1, 0.15) is 40.5 Å². The second kappa shape index (κ2) is 9.27. The standard InChI is InChI=1S/C25H29N5O/c1-29(2)25-27-17-21(19-10-12-20(13-11-19)24(26)31)23(28-25)22-9-6-15-30(22)16-14-18-7-4-3-5-8-18/h3-5,7-8,10-13,17,22H,6,9,14-16H2,1-2H3,(H2,26,31). The SMILES string of the molecule is CN(C)c1ncc(-c2ccc(C(N)=O)cc2)c(C2CCCN2CCc2ccccc2)n1. The number of aromatic nitrogens is 2. The molecule has 3 aromatic rings. The average molecular weight is 416 g/mol. The summed E-state index contributed by atoms with van der Waals surface area (Å²) in [5.41, 5.74) is 10.3. The highest BCUT2D eigenvalue weighted by Crippen LogP contribution is 2.37. The summed E-state index contributed by atoms with van der Waals surface area (Å²) in [5.74, 6) is 0.288. The highest BCUT2D eigenvalue weighted by atomic mass is 16.1. The average Bonchev–Trinajstić information content (AvgIpc) is 3.26. The topological polar surface area (TPSA) is 75.4 Å². The molecule has 31 heavy (non-hydrogen) atoms. The number of nitrogens with zero attached hydrogens (tertiary/aromatic N) is 4. The molecule has 1 aliphatic rings. The van der Waals surface area contributed by atoms with Crippen molar-refractivity contribution < 1.29 is 4.79 Å². The zero-order valence-electron chi connectivity index (χ0n) is 18.2. The predicted octanol–water partition coefficient (Wildman–Crippen LogP) is 3.69. The zero-order valence-corrected chi connectivity index (χ0v) is 18.2. The van der Waals surface area contributed by atoms with E-state index in [-0.39, 0.29) is 6.04 Å².